The lowest BCUT2D eigenvalue weighted by Crippen LogP contribution is -1.84. The van der Waals surface area contributed by atoms with Gasteiger partial charge in [-0.3, -0.25) is 0 Å². The lowest BCUT2D eigenvalue weighted by molar-refractivity contribution is 0.997. The zero-order chi connectivity index (χ0) is 10.2. The lowest BCUT2D eigenvalue weighted by Gasteiger charge is -2.01. The number of terminal acetylenes is 1. The molecule has 0 aliphatic heterocycles. The van der Waals surface area contributed by atoms with Crippen LogP contribution in [0, 0.1) is 19.3 Å². The average molecular weight is 204 g/mol. The first-order chi connectivity index (χ1) is 6.83. The maximum Gasteiger partial charge on any atom is 0.0184 e. The molecule has 14 heavy (non-hydrogen) atoms. The third-order valence-electron chi connectivity index (χ3n) is 1.96. The van der Waals surface area contributed by atoms with Gasteiger partial charge in [0.1, 0.15) is 0 Å². The monoisotopic (exact) mass is 204 g/mol. The smallest absolute Gasteiger partial charge is 0.0184 e. The summed E-state index contributed by atoms with van der Waals surface area (Å²) in [6.45, 7) is 2.13. The van der Waals surface area contributed by atoms with Crippen molar-refractivity contribution >= 4 is 11.8 Å². The summed E-state index contributed by atoms with van der Waals surface area (Å²) in [7, 11) is 0. The Hall–Kier alpha value is -0.870. The third kappa shape index (κ3) is 4.39. The van der Waals surface area contributed by atoms with E-state index >= 15 is 0 Å². The summed E-state index contributed by atoms with van der Waals surface area (Å²) < 4.78 is 0. The van der Waals surface area contributed by atoms with Gasteiger partial charge < -0.3 is 0 Å². The van der Waals surface area contributed by atoms with Gasteiger partial charge in [0.05, 0.1) is 0 Å². The predicted octanol–water partition coefficient (Wildman–Crippen LogP) is 3.64. The number of thioether (sulfide) groups is 1. The quantitative estimate of drug-likeness (QED) is 0.521. The van der Waals surface area contributed by atoms with Gasteiger partial charge in [0.2, 0.25) is 0 Å². The van der Waals surface area contributed by atoms with Crippen molar-refractivity contribution in [2.24, 2.45) is 0 Å². The highest BCUT2D eigenvalue weighted by atomic mass is 32.2. The normalized spacial score (nSPS) is 9.71. The van der Waals surface area contributed by atoms with Gasteiger partial charge in [-0.05, 0) is 24.7 Å². The van der Waals surface area contributed by atoms with Crippen LogP contribution in [0.4, 0.5) is 0 Å². The summed E-state index contributed by atoms with van der Waals surface area (Å²) in [6.07, 6.45) is 7.22. The number of hydrogen-bond acceptors (Lipinski definition) is 1. The van der Waals surface area contributed by atoms with Crippen molar-refractivity contribution < 1.29 is 0 Å². The maximum atomic E-state index is 5.18. The van der Waals surface area contributed by atoms with E-state index in [9.17, 15) is 0 Å². The molecule has 0 N–H and O–H groups in total. The minimum Gasteiger partial charge on any atom is -0.157 e. The van der Waals surface area contributed by atoms with Crippen molar-refractivity contribution in [2.45, 2.75) is 25.5 Å². The molecule has 1 aromatic rings. The highest BCUT2D eigenvalue weighted by molar-refractivity contribution is 7.98. The van der Waals surface area contributed by atoms with Gasteiger partial charge >= 0.3 is 0 Å². The molecule has 0 nitrogen and oxygen atoms in total. The van der Waals surface area contributed by atoms with Gasteiger partial charge in [0.25, 0.3) is 0 Å². The molecule has 0 spiro atoms. The Morgan fingerprint density at radius 3 is 3.00 bits per heavy atom. The van der Waals surface area contributed by atoms with Gasteiger partial charge in [0.15, 0.2) is 0 Å². The van der Waals surface area contributed by atoms with Crippen LogP contribution < -0.4 is 0 Å². The summed E-state index contributed by atoms with van der Waals surface area (Å²) >= 11 is 1.96. The molecule has 0 saturated carbocycles. The minimum absolute atomic E-state index is 0.904. The molecule has 0 unspecified atom stereocenters. The molecular formula is C13H16S. The van der Waals surface area contributed by atoms with Crippen molar-refractivity contribution in [2.75, 3.05) is 5.75 Å². The molecule has 0 aliphatic carbocycles. The molecule has 0 atom stereocenters. The predicted molar refractivity (Wildman–Crippen MR) is 65.4 cm³/mol. The van der Waals surface area contributed by atoms with E-state index in [2.05, 4.69) is 37.1 Å². The Bertz CT molecular complexity index is 309. The molecule has 0 fully saturated rings. The van der Waals surface area contributed by atoms with E-state index in [-0.39, 0.29) is 0 Å². The molecular weight excluding hydrogens is 188 g/mol. The summed E-state index contributed by atoms with van der Waals surface area (Å²) in [4.78, 5) is 0. The molecule has 0 amide bonds. The molecule has 0 heterocycles. The van der Waals surface area contributed by atoms with Crippen LogP contribution in [0.3, 0.4) is 0 Å². The summed E-state index contributed by atoms with van der Waals surface area (Å²) in [5, 5.41) is 0. The average Bonchev–Trinajstić information content (AvgIpc) is 2.18. The molecule has 0 radical (unpaired) electrons. The fourth-order valence-corrected chi connectivity index (χ4v) is 2.18. The summed E-state index contributed by atoms with van der Waals surface area (Å²) in [5.74, 6) is 4.93. The van der Waals surface area contributed by atoms with Gasteiger partial charge in [-0.1, -0.05) is 29.8 Å². The fourth-order valence-electron chi connectivity index (χ4n) is 1.27. The number of rotatable bonds is 5. The van der Waals surface area contributed by atoms with E-state index in [0.29, 0.717) is 0 Å². The van der Waals surface area contributed by atoms with E-state index in [1.54, 1.807) is 0 Å². The first-order valence-electron chi connectivity index (χ1n) is 4.89. The molecule has 1 rings (SSSR count). The molecule has 0 bridgehead atoms. The number of hydrogen-bond donors (Lipinski definition) is 0. The van der Waals surface area contributed by atoms with E-state index in [4.69, 9.17) is 6.42 Å². The van der Waals surface area contributed by atoms with Crippen molar-refractivity contribution in [3.8, 4) is 12.3 Å². The number of benzene rings is 1. The van der Waals surface area contributed by atoms with Crippen molar-refractivity contribution in [3.63, 3.8) is 0 Å². The zero-order valence-electron chi connectivity index (χ0n) is 8.62. The van der Waals surface area contributed by atoms with Crippen molar-refractivity contribution in [3.05, 3.63) is 35.4 Å². The summed E-state index contributed by atoms with van der Waals surface area (Å²) in [6, 6.07) is 8.68. The van der Waals surface area contributed by atoms with Crippen molar-refractivity contribution in [1.29, 1.82) is 0 Å². The summed E-state index contributed by atoms with van der Waals surface area (Å²) in [5.41, 5.74) is 2.75. The second-order valence-electron chi connectivity index (χ2n) is 3.35. The largest absolute Gasteiger partial charge is 0.157 e. The Labute approximate surface area is 91.1 Å². The Morgan fingerprint density at radius 2 is 2.29 bits per heavy atom. The number of aryl methyl sites for hydroxylation is 1. The van der Waals surface area contributed by atoms with Gasteiger partial charge in [-0.2, -0.15) is 11.8 Å². The van der Waals surface area contributed by atoms with Crippen LogP contribution in [-0.4, -0.2) is 5.75 Å². The SMILES string of the molecule is C#CCCCSCc1cccc(C)c1. The van der Waals surface area contributed by atoms with Crippen LogP contribution in [0.25, 0.3) is 0 Å². The highest BCUT2D eigenvalue weighted by Gasteiger charge is 1.93. The molecule has 1 aromatic carbocycles. The first-order valence-corrected chi connectivity index (χ1v) is 6.05. The standard InChI is InChI=1S/C13H16S/c1-3-4-5-9-14-11-13-8-6-7-12(2)10-13/h1,6-8,10H,4-5,9,11H2,2H3. The van der Waals surface area contributed by atoms with Crippen molar-refractivity contribution in [1.82, 2.24) is 0 Å². The molecule has 0 aliphatic rings. The Balaban J connectivity index is 2.22. The van der Waals surface area contributed by atoms with E-state index < -0.39 is 0 Å². The van der Waals surface area contributed by atoms with Gasteiger partial charge in [0, 0.05) is 12.2 Å². The second kappa shape index (κ2) is 6.56. The van der Waals surface area contributed by atoms with Crippen LogP contribution >= 0.6 is 11.8 Å². The van der Waals surface area contributed by atoms with E-state index in [0.717, 1.165) is 24.3 Å². The lowest BCUT2D eigenvalue weighted by atomic mass is 10.2. The second-order valence-corrected chi connectivity index (χ2v) is 4.45. The fraction of sp³-hybridized carbons (Fsp3) is 0.385. The van der Waals surface area contributed by atoms with Gasteiger partial charge in [-0.15, -0.1) is 12.3 Å². The molecule has 0 aromatic heterocycles. The highest BCUT2D eigenvalue weighted by Crippen LogP contribution is 2.14. The molecule has 74 valence electrons. The van der Waals surface area contributed by atoms with Gasteiger partial charge in [-0.25, -0.2) is 0 Å². The van der Waals surface area contributed by atoms with E-state index in [1.807, 2.05) is 11.8 Å². The topological polar surface area (TPSA) is 0 Å². The molecule has 0 saturated heterocycles. The first kappa shape index (κ1) is 11.2. The van der Waals surface area contributed by atoms with Crippen LogP contribution in [0.5, 0.6) is 0 Å². The van der Waals surface area contributed by atoms with Crippen LogP contribution in [-0.2, 0) is 5.75 Å². The van der Waals surface area contributed by atoms with Crippen LogP contribution in [0.15, 0.2) is 24.3 Å². The maximum absolute atomic E-state index is 5.18. The third-order valence-corrected chi connectivity index (χ3v) is 3.08. The van der Waals surface area contributed by atoms with Crippen LogP contribution in [0.1, 0.15) is 24.0 Å². The minimum atomic E-state index is 0.904. The Kier molecular flexibility index (Phi) is 5.25. The molecule has 1 heteroatoms. The van der Waals surface area contributed by atoms with E-state index in [1.165, 1.54) is 11.1 Å². The zero-order valence-corrected chi connectivity index (χ0v) is 9.44. The Morgan fingerprint density at radius 1 is 1.43 bits per heavy atom. The van der Waals surface area contributed by atoms with Crippen LogP contribution in [0.2, 0.25) is 0 Å². The number of unbranched alkanes of at least 4 members (excludes halogenated alkanes) is 1.